The molecule has 0 atom stereocenters. The Labute approximate surface area is 123 Å². The van der Waals surface area contributed by atoms with Gasteiger partial charge in [-0.1, -0.05) is 13.0 Å². The van der Waals surface area contributed by atoms with Crippen molar-refractivity contribution < 1.29 is 9.53 Å². The third-order valence-corrected chi connectivity index (χ3v) is 2.71. The zero-order valence-electron chi connectivity index (χ0n) is 11.8. The average Bonchev–Trinajstić information content (AvgIpc) is 2.54. The molecule has 0 saturated carbocycles. The first-order valence-electron chi connectivity index (χ1n) is 6.71. The molecule has 6 nitrogen and oxygen atoms in total. The Kier molecular flexibility index (Phi) is 5.11. The summed E-state index contributed by atoms with van der Waals surface area (Å²) in [6.45, 7) is 2.72. The van der Waals surface area contributed by atoms with Crippen LogP contribution in [0.2, 0.25) is 0 Å². The number of nitrogens with two attached hydrogens (primary N) is 1. The van der Waals surface area contributed by atoms with Crippen molar-refractivity contribution >= 4 is 17.4 Å². The fraction of sp³-hybridized carbons (Fsp3) is 0.200. The van der Waals surface area contributed by atoms with Crippen molar-refractivity contribution in [2.75, 3.05) is 17.3 Å². The van der Waals surface area contributed by atoms with E-state index in [4.69, 9.17) is 10.6 Å². The summed E-state index contributed by atoms with van der Waals surface area (Å²) >= 11 is 0. The van der Waals surface area contributed by atoms with E-state index >= 15 is 0 Å². The van der Waals surface area contributed by atoms with E-state index in [2.05, 4.69) is 15.7 Å². The van der Waals surface area contributed by atoms with Crippen LogP contribution in [0.3, 0.4) is 0 Å². The minimum absolute atomic E-state index is 0.289. The molecular formula is C15H18N4O2. The van der Waals surface area contributed by atoms with Gasteiger partial charge in [-0.2, -0.15) is 0 Å². The lowest BCUT2D eigenvalue weighted by atomic mass is 10.2. The molecule has 0 spiro atoms. The van der Waals surface area contributed by atoms with E-state index in [1.807, 2.05) is 19.1 Å². The van der Waals surface area contributed by atoms with Crippen molar-refractivity contribution in [2.45, 2.75) is 13.3 Å². The summed E-state index contributed by atoms with van der Waals surface area (Å²) in [5.74, 6) is 6.19. The number of benzene rings is 1. The number of nitrogens with one attached hydrogen (secondary N) is 2. The maximum atomic E-state index is 12.1. The quantitative estimate of drug-likeness (QED) is 0.560. The minimum atomic E-state index is -0.297. The van der Waals surface area contributed by atoms with Crippen molar-refractivity contribution in [3.8, 4) is 5.75 Å². The zero-order valence-corrected chi connectivity index (χ0v) is 11.8. The Hall–Kier alpha value is -2.60. The van der Waals surface area contributed by atoms with Crippen LogP contribution in [0, 0.1) is 0 Å². The number of nitrogen functional groups attached to an aromatic ring is 1. The van der Waals surface area contributed by atoms with Gasteiger partial charge in [0.1, 0.15) is 17.3 Å². The molecule has 0 bridgehead atoms. The van der Waals surface area contributed by atoms with Gasteiger partial charge in [-0.3, -0.25) is 4.79 Å². The first-order chi connectivity index (χ1) is 10.2. The summed E-state index contributed by atoms with van der Waals surface area (Å²) in [7, 11) is 0. The number of carbonyl (C=O) groups excluding carboxylic acids is 1. The second-order valence-electron chi connectivity index (χ2n) is 4.38. The van der Waals surface area contributed by atoms with Crippen LogP contribution in [0.15, 0.2) is 42.5 Å². The summed E-state index contributed by atoms with van der Waals surface area (Å²) in [6, 6.07) is 12.2. The lowest BCUT2D eigenvalue weighted by Gasteiger charge is -2.08. The molecule has 0 aliphatic heterocycles. The van der Waals surface area contributed by atoms with Crippen molar-refractivity contribution in [3.63, 3.8) is 0 Å². The van der Waals surface area contributed by atoms with Gasteiger partial charge in [-0.15, -0.1) is 0 Å². The van der Waals surface area contributed by atoms with Gasteiger partial charge in [-0.25, -0.2) is 10.8 Å². The molecule has 21 heavy (non-hydrogen) atoms. The SMILES string of the molecule is CCCOc1ccc(NC(=O)c2cccc(NN)n2)cc1. The van der Waals surface area contributed by atoms with Crippen LogP contribution in [-0.2, 0) is 0 Å². The zero-order chi connectivity index (χ0) is 15.1. The van der Waals surface area contributed by atoms with Crippen molar-refractivity contribution in [1.29, 1.82) is 0 Å². The first kappa shape index (κ1) is 14.8. The molecule has 1 aromatic heterocycles. The highest BCUT2D eigenvalue weighted by molar-refractivity contribution is 6.03. The van der Waals surface area contributed by atoms with E-state index in [0.29, 0.717) is 18.1 Å². The van der Waals surface area contributed by atoms with E-state index in [0.717, 1.165) is 12.2 Å². The molecule has 0 aliphatic carbocycles. The maximum Gasteiger partial charge on any atom is 0.274 e. The highest BCUT2D eigenvalue weighted by Gasteiger charge is 2.08. The Morgan fingerprint density at radius 1 is 1.24 bits per heavy atom. The highest BCUT2D eigenvalue weighted by atomic mass is 16.5. The van der Waals surface area contributed by atoms with Gasteiger partial charge in [0, 0.05) is 5.69 Å². The molecule has 4 N–H and O–H groups in total. The Morgan fingerprint density at radius 2 is 2.00 bits per heavy atom. The van der Waals surface area contributed by atoms with Crippen molar-refractivity contribution in [2.24, 2.45) is 5.84 Å². The number of anilines is 2. The number of hydrogen-bond acceptors (Lipinski definition) is 5. The summed E-state index contributed by atoms with van der Waals surface area (Å²) in [4.78, 5) is 16.1. The van der Waals surface area contributed by atoms with Crippen molar-refractivity contribution in [1.82, 2.24) is 4.98 Å². The minimum Gasteiger partial charge on any atom is -0.494 e. The number of nitrogens with zero attached hydrogens (tertiary/aromatic N) is 1. The third kappa shape index (κ3) is 4.19. The maximum absolute atomic E-state index is 12.1. The summed E-state index contributed by atoms with van der Waals surface area (Å²) < 4.78 is 5.48. The first-order valence-corrected chi connectivity index (χ1v) is 6.71. The van der Waals surface area contributed by atoms with Gasteiger partial charge in [-0.05, 0) is 42.8 Å². The van der Waals surface area contributed by atoms with E-state index in [1.165, 1.54) is 0 Å². The van der Waals surface area contributed by atoms with Crippen LogP contribution in [0.1, 0.15) is 23.8 Å². The molecule has 0 unspecified atom stereocenters. The standard InChI is InChI=1S/C15H18N4O2/c1-2-10-21-12-8-6-11(7-9-12)17-15(20)13-4-3-5-14(18-13)19-16/h3-9H,2,10,16H2,1H3,(H,17,20)(H,18,19). The van der Waals surface area contributed by atoms with E-state index in [1.54, 1.807) is 30.3 Å². The van der Waals surface area contributed by atoms with Crippen LogP contribution in [-0.4, -0.2) is 17.5 Å². The Bertz CT molecular complexity index is 599. The molecule has 1 heterocycles. The van der Waals surface area contributed by atoms with Gasteiger partial charge in [0.2, 0.25) is 0 Å². The second-order valence-corrected chi connectivity index (χ2v) is 4.38. The number of pyridine rings is 1. The van der Waals surface area contributed by atoms with E-state index < -0.39 is 0 Å². The average molecular weight is 286 g/mol. The molecule has 0 saturated heterocycles. The molecular weight excluding hydrogens is 268 g/mol. The van der Waals surface area contributed by atoms with Crippen molar-refractivity contribution in [3.05, 3.63) is 48.2 Å². The van der Waals surface area contributed by atoms with Crippen LogP contribution < -0.4 is 21.3 Å². The monoisotopic (exact) mass is 286 g/mol. The fourth-order valence-electron chi connectivity index (χ4n) is 1.69. The number of carbonyl (C=O) groups is 1. The number of hydrogen-bond donors (Lipinski definition) is 3. The largest absolute Gasteiger partial charge is 0.494 e. The van der Waals surface area contributed by atoms with Gasteiger partial charge in [0.05, 0.1) is 6.61 Å². The molecule has 0 radical (unpaired) electrons. The van der Waals surface area contributed by atoms with E-state index in [9.17, 15) is 4.79 Å². The lowest BCUT2D eigenvalue weighted by Crippen LogP contribution is -2.16. The lowest BCUT2D eigenvalue weighted by molar-refractivity contribution is 0.102. The molecule has 6 heteroatoms. The molecule has 0 fully saturated rings. The van der Waals surface area contributed by atoms with Gasteiger partial charge in [0.25, 0.3) is 5.91 Å². The smallest absolute Gasteiger partial charge is 0.274 e. The number of ether oxygens (including phenoxy) is 1. The summed E-state index contributed by atoms with van der Waals surface area (Å²) in [6.07, 6.45) is 0.954. The third-order valence-electron chi connectivity index (χ3n) is 2.71. The molecule has 2 aromatic rings. The van der Waals surface area contributed by atoms with Crippen LogP contribution in [0.25, 0.3) is 0 Å². The summed E-state index contributed by atoms with van der Waals surface area (Å²) in [5.41, 5.74) is 3.37. The topological polar surface area (TPSA) is 89.3 Å². The normalized spacial score (nSPS) is 10.0. The Balaban J connectivity index is 2.01. The van der Waals surface area contributed by atoms with Gasteiger partial charge in [0.15, 0.2) is 0 Å². The molecule has 110 valence electrons. The van der Waals surface area contributed by atoms with Gasteiger partial charge >= 0.3 is 0 Å². The molecule has 1 amide bonds. The number of hydrazine groups is 1. The number of rotatable bonds is 6. The van der Waals surface area contributed by atoms with Gasteiger partial charge < -0.3 is 15.5 Å². The number of amides is 1. The second kappa shape index (κ2) is 7.25. The van der Waals surface area contributed by atoms with Crippen LogP contribution >= 0.6 is 0 Å². The predicted octanol–water partition coefficient (Wildman–Crippen LogP) is 2.41. The molecule has 0 aliphatic rings. The highest BCUT2D eigenvalue weighted by Crippen LogP contribution is 2.16. The Morgan fingerprint density at radius 3 is 2.67 bits per heavy atom. The molecule has 1 aromatic carbocycles. The predicted molar refractivity (Wildman–Crippen MR) is 82.2 cm³/mol. The number of aromatic nitrogens is 1. The van der Waals surface area contributed by atoms with E-state index in [-0.39, 0.29) is 11.6 Å². The fourth-order valence-corrected chi connectivity index (χ4v) is 1.69. The summed E-state index contributed by atoms with van der Waals surface area (Å²) in [5, 5.41) is 2.77. The molecule has 2 rings (SSSR count). The van der Waals surface area contributed by atoms with Crippen LogP contribution in [0.4, 0.5) is 11.5 Å². The van der Waals surface area contributed by atoms with Crippen LogP contribution in [0.5, 0.6) is 5.75 Å².